The lowest BCUT2D eigenvalue weighted by Gasteiger charge is -2.30. The van der Waals surface area contributed by atoms with Crippen molar-refractivity contribution in [3.63, 3.8) is 0 Å². The van der Waals surface area contributed by atoms with Gasteiger partial charge < -0.3 is 4.74 Å². The van der Waals surface area contributed by atoms with Crippen molar-refractivity contribution >= 4 is 28.2 Å². The Hall–Kier alpha value is -1.36. The number of hydrogen-bond donors (Lipinski definition) is 0. The van der Waals surface area contributed by atoms with Gasteiger partial charge in [-0.1, -0.05) is 18.2 Å². The summed E-state index contributed by atoms with van der Waals surface area (Å²) >= 11 is 2.27. The monoisotopic (exact) mass is 363 g/mol. The van der Waals surface area contributed by atoms with Gasteiger partial charge in [0.2, 0.25) is 0 Å². The van der Waals surface area contributed by atoms with E-state index in [4.69, 9.17) is 4.74 Å². The van der Waals surface area contributed by atoms with Crippen LogP contribution in [0.4, 0.5) is 0 Å². The molecule has 0 fully saturated rings. The third kappa shape index (κ3) is 2.52. The molecule has 0 saturated heterocycles. The van der Waals surface area contributed by atoms with Crippen LogP contribution < -0.4 is 4.74 Å². The second-order valence-corrected chi connectivity index (χ2v) is 6.37. The van der Waals surface area contributed by atoms with Crippen LogP contribution in [0, 0.1) is 3.57 Å². The van der Waals surface area contributed by atoms with Crippen molar-refractivity contribution < 1.29 is 4.74 Å². The second-order valence-electron chi connectivity index (χ2n) is 5.12. The van der Waals surface area contributed by atoms with Crippen LogP contribution in [0.2, 0.25) is 0 Å². The van der Waals surface area contributed by atoms with Crippen LogP contribution in [0.1, 0.15) is 25.1 Å². The molecule has 96 valence electrons. The fourth-order valence-electron chi connectivity index (χ4n) is 2.26. The van der Waals surface area contributed by atoms with Crippen molar-refractivity contribution in [2.24, 2.45) is 0 Å². The van der Waals surface area contributed by atoms with E-state index < -0.39 is 0 Å². The lowest BCUT2D eigenvalue weighted by atomic mass is 9.92. The average molecular weight is 363 g/mol. The Morgan fingerprint density at radius 1 is 1.11 bits per heavy atom. The normalized spacial score (nSPS) is 16.3. The highest BCUT2D eigenvalue weighted by Crippen LogP contribution is 2.38. The predicted molar refractivity (Wildman–Crippen MR) is 85.2 cm³/mol. The molecule has 0 atom stereocenters. The van der Waals surface area contributed by atoms with Gasteiger partial charge in [0.25, 0.3) is 0 Å². The van der Waals surface area contributed by atoms with Crippen LogP contribution in [-0.2, 0) is 0 Å². The first-order valence-electron chi connectivity index (χ1n) is 6.18. The summed E-state index contributed by atoms with van der Waals surface area (Å²) in [6.07, 6.45) is 4.03. The number of hydrogen-bond acceptors (Lipinski definition) is 2. The van der Waals surface area contributed by atoms with E-state index in [1.54, 1.807) is 0 Å². The molecule has 1 aliphatic rings. The summed E-state index contributed by atoms with van der Waals surface area (Å²) in [4.78, 5) is 4.54. The zero-order valence-electron chi connectivity index (χ0n) is 10.9. The minimum atomic E-state index is -0.311. The van der Waals surface area contributed by atoms with Crippen LogP contribution in [-0.4, -0.2) is 10.6 Å². The minimum absolute atomic E-state index is 0.311. The third-order valence-corrected chi connectivity index (χ3v) is 3.68. The van der Waals surface area contributed by atoms with Crippen LogP contribution >= 0.6 is 22.6 Å². The van der Waals surface area contributed by atoms with Gasteiger partial charge in [0.1, 0.15) is 11.4 Å². The summed E-state index contributed by atoms with van der Waals surface area (Å²) in [7, 11) is 0. The Bertz CT molecular complexity index is 644. The Labute approximate surface area is 126 Å². The van der Waals surface area contributed by atoms with E-state index >= 15 is 0 Å². The van der Waals surface area contributed by atoms with Gasteiger partial charge in [0.05, 0.1) is 5.69 Å². The van der Waals surface area contributed by atoms with E-state index in [0.717, 1.165) is 26.2 Å². The van der Waals surface area contributed by atoms with Crippen LogP contribution in [0.5, 0.6) is 5.75 Å². The van der Waals surface area contributed by atoms with E-state index in [0.29, 0.717) is 0 Å². The van der Waals surface area contributed by atoms with Gasteiger partial charge in [-0.2, -0.15) is 0 Å². The molecule has 1 aliphatic heterocycles. The molecule has 0 aliphatic carbocycles. The molecule has 1 aromatic carbocycles. The first-order valence-corrected chi connectivity index (χ1v) is 7.26. The molecule has 0 radical (unpaired) electrons. The van der Waals surface area contributed by atoms with Crippen molar-refractivity contribution in [2.45, 2.75) is 19.4 Å². The van der Waals surface area contributed by atoms with Crippen LogP contribution in [0.3, 0.4) is 0 Å². The summed E-state index contributed by atoms with van der Waals surface area (Å²) in [6, 6.07) is 12.3. The van der Waals surface area contributed by atoms with Crippen molar-refractivity contribution in [3.8, 4) is 5.75 Å². The van der Waals surface area contributed by atoms with E-state index in [9.17, 15) is 0 Å². The molecule has 0 amide bonds. The largest absolute Gasteiger partial charge is 0.483 e. The van der Waals surface area contributed by atoms with Gasteiger partial charge in [-0.15, -0.1) is 0 Å². The van der Waals surface area contributed by atoms with Gasteiger partial charge >= 0.3 is 0 Å². The molecule has 0 saturated carbocycles. The number of aromatic nitrogens is 1. The Kier molecular flexibility index (Phi) is 3.09. The highest BCUT2D eigenvalue weighted by atomic mass is 127. The molecule has 0 N–H and O–H groups in total. The quantitative estimate of drug-likeness (QED) is 0.706. The van der Waals surface area contributed by atoms with E-state index in [1.807, 2.05) is 24.4 Å². The molecule has 0 unspecified atom stereocenters. The van der Waals surface area contributed by atoms with E-state index in [2.05, 4.69) is 65.7 Å². The highest BCUT2D eigenvalue weighted by molar-refractivity contribution is 14.1. The molecular formula is C16H14INO. The standard InChI is InChI=1S/C16H14INO/c1-16(2)9-13(14-8-7-11(17)10-18-14)12-5-3-4-6-15(12)19-16/h3-10H,1-2H3. The number of fused-ring (bicyclic) bond motifs is 1. The molecule has 19 heavy (non-hydrogen) atoms. The Balaban J connectivity index is 2.17. The van der Waals surface area contributed by atoms with Gasteiger partial charge in [-0.3, -0.25) is 4.98 Å². The van der Waals surface area contributed by atoms with Crippen molar-refractivity contribution in [2.75, 3.05) is 0 Å². The van der Waals surface area contributed by atoms with Crippen molar-refractivity contribution in [1.29, 1.82) is 0 Å². The van der Waals surface area contributed by atoms with Gasteiger partial charge in [-0.25, -0.2) is 0 Å². The summed E-state index contributed by atoms with van der Waals surface area (Å²) in [5.41, 5.74) is 2.93. The molecule has 3 heteroatoms. The Morgan fingerprint density at radius 2 is 1.89 bits per heavy atom. The number of pyridine rings is 1. The SMILES string of the molecule is CC1(C)C=C(c2ccc(I)cn2)c2ccccc2O1. The van der Waals surface area contributed by atoms with Crippen LogP contribution in [0.25, 0.3) is 5.57 Å². The highest BCUT2D eigenvalue weighted by Gasteiger charge is 2.27. The zero-order valence-corrected chi connectivity index (χ0v) is 13.0. The molecule has 3 rings (SSSR count). The van der Waals surface area contributed by atoms with E-state index in [1.165, 1.54) is 0 Å². The smallest absolute Gasteiger partial charge is 0.128 e. The maximum Gasteiger partial charge on any atom is 0.128 e. The predicted octanol–water partition coefficient (Wildman–Crippen LogP) is 4.29. The lowest BCUT2D eigenvalue weighted by Crippen LogP contribution is -2.29. The fraction of sp³-hybridized carbons (Fsp3) is 0.188. The van der Waals surface area contributed by atoms with Gasteiger partial charge in [0, 0.05) is 20.9 Å². The number of halogens is 1. The first-order chi connectivity index (χ1) is 9.05. The second kappa shape index (κ2) is 4.63. The fourth-order valence-corrected chi connectivity index (χ4v) is 2.58. The summed E-state index contributed by atoms with van der Waals surface area (Å²) in [5, 5.41) is 0. The molecule has 0 bridgehead atoms. The number of benzene rings is 1. The molecule has 2 aromatic rings. The lowest BCUT2D eigenvalue weighted by molar-refractivity contribution is 0.158. The molecule has 2 heterocycles. The number of rotatable bonds is 1. The molecule has 2 nitrogen and oxygen atoms in total. The summed E-state index contributed by atoms with van der Waals surface area (Å²) in [5.74, 6) is 0.922. The minimum Gasteiger partial charge on any atom is -0.483 e. The van der Waals surface area contributed by atoms with Crippen molar-refractivity contribution in [3.05, 3.63) is 63.5 Å². The number of para-hydroxylation sites is 1. The zero-order chi connectivity index (χ0) is 13.5. The van der Waals surface area contributed by atoms with Gasteiger partial charge in [0.15, 0.2) is 0 Å². The van der Waals surface area contributed by atoms with Crippen molar-refractivity contribution in [1.82, 2.24) is 4.98 Å². The number of ether oxygens (including phenoxy) is 1. The molecule has 1 aromatic heterocycles. The third-order valence-electron chi connectivity index (χ3n) is 3.05. The molecule has 0 spiro atoms. The number of nitrogens with zero attached hydrogens (tertiary/aromatic N) is 1. The topological polar surface area (TPSA) is 22.1 Å². The summed E-state index contributed by atoms with van der Waals surface area (Å²) < 4.78 is 7.13. The average Bonchev–Trinajstić information content (AvgIpc) is 2.37. The van der Waals surface area contributed by atoms with Gasteiger partial charge in [-0.05, 0) is 60.7 Å². The maximum absolute atomic E-state index is 5.99. The maximum atomic E-state index is 5.99. The summed E-state index contributed by atoms with van der Waals surface area (Å²) in [6.45, 7) is 4.13. The Morgan fingerprint density at radius 3 is 2.63 bits per heavy atom. The van der Waals surface area contributed by atoms with E-state index in [-0.39, 0.29) is 5.60 Å². The molecular weight excluding hydrogens is 349 g/mol. The first kappa shape index (κ1) is 12.7. The van der Waals surface area contributed by atoms with Crippen LogP contribution in [0.15, 0.2) is 48.7 Å².